The number of nitrogens with zero attached hydrogens (tertiary/aromatic N) is 1. The first-order valence-corrected chi connectivity index (χ1v) is 5.04. The first-order valence-electron chi connectivity index (χ1n) is 5.04. The molecule has 0 atom stereocenters. The Kier molecular flexibility index (Phi) is 2.42. The Balaban J connectivity index is 2.87. The van der Waals surface area contributed by atoms with E-state index in [2.05, 4.69) is 0 Å². The summed E-state index contributed by atoms with van der Waals surface area (Å²) < 4.78 is 15.3. The maximum atomic E-state index is 13.7. The molecule has 0 saturated heterocycles. The summed E-state index contributed by atoms with van der Waals surface area (Å²) >= 11 is 0. The summed E-state index contributed by atoms with van der Waals surface area (Å²) in [6.45, 7) is 3.77. The number of hydrogen-bond donors (Lipinski definition) is 1. The third kappa shape index (κ3) is 1.46. The molecule has 1 heterocycles. The van der Waals surface area contributed by atoms with Crippen LogP contribution in [0.5, 0.6) is 0 Å². The summed E-state index contributed by atoms with van der Waals surface area (Å²) in [5, 5.41) is 9.48. The molecule has 2 aromatic rings. The molecule has 1 aromatic heterocycles. The van der Waals surface area contributed by atoms with E-state index in [0.717, 1.165) is 0 Å². The molecule has 0 spiro atoms. The van der Waals surface area contributed by atoms with Crippen molar-refractivity contribution in [2.24, 2.45) is 0 Å². The largest absolute Gasteiger partial charge is 0.478 e. The summed E-state index contributed by atoms with van der Waals surface area (Å²) in [5.74, 6) is -1.42. The van der Waals surface area contributed by atoms with Crippen LogP contribution in [0.15, 0.2) is 24.4 Å². The Labute approximate surface area is 92.1 Å². The highest BCUT2D eigenvalue weighted by Crippen LogP contribution is 2.26. The van der Waals surface area contributed by atoms with Gasteiger partial charge in [0.25, 0.3) is 0 Å². The molecule has 1 aromatic carbocycles. The fraction of sp³-hybridized carbons (Fsp3) is 0.250. The number of hydrogen-bond acceptors (Lipinski definition) is 1. The van der Waals surface area contributed by atoms with E-state index in [1.54, 1.807) is 10.6 Å². The van der Waals surface area contributed by atoms with Crippen LogP contribution in [0.25, 0.3) is 10.9 Å². The molecule has 0 amide bonds. The zero-order valence-electron chi connectivity index (χ0n) is 9.07. The predicted molar refractivity (Wildman–Crippen MR) is 59.2 cm³/mol. The highest BCUT2D eigenvalue weighted by molar-refractivity contribution is 6.03. The molecular weight excluding hydrogens is 209 g/mol. The molecule has 0 unspecified atom stereocenters. The van der Waals surface area contributed by atoms with Crippen molar-refractivity contribution >= 4 is 16.9 Å². The molecule has 0 saturated carbocycles. The van der Waals surface area contributed by atoms with Crippen molar-refractivity contribution in [3.8, 4) is 0 Å². The van der Waals surface area contributed by atoms with Crippen LogP contribution in [0.3, 0.4) is 0 Å². The summed E-state index contributed by atoms with van der Waals surface area (Å²) in [5.41, 5.74) is 0.498. The average Bonchev–Trinajstić information content (AvgIpc) is 2.58. The van der Waals surface area contributed by atoms with Crippen LogP contribution in [0.2, 0.25) is 0 Å². The Morgan fingerprint density at radius 2 is 2.12 bits per heavy atom. The van der Waals surface area contributed by atoms with Gasteiger partial charge in [-0.15, -0.1) is 0 Å². The van der Waals surface area contributed by atoms with Gasteiger partial charge in [0.1, 0.15) is 5.82 Å². The second-order valence-electron chi connectivity index (χ2n) is 3.98. The number of carboxylic acids is 1. The number of rotatable bonds is 2. The van der Waals surface area contributed by atoms with Gasteiger partial charge in [0, 0.05) is 17.6 Å². The van der Waals surface area contributed by atoms with Gasteiger partial charge in [-0.05, 0) is 19.9 Å². The van der Waals surface area contributed by atoms with Crippen molar-refractivity contribution in [2.75, 3.05) is 0 Å². The number of para-hydroxylation sites is 1. The van der Waals surface area contributed by atoms with E-state index in [4.69, 9.17) is 5.11 Å². The maximum absolute atomic E-state index is 13.7. The number of halogens is 1. The van der Waals surface area contributed by atoms with E-state index in [9.17, 15) is 9.18 Å². The molecule has 4 heteroatoms. The van der Waals surface area contributed by atoms with E-state index in [-0.39, 0.29) is 11.6 Å². The van der Waals surface area contributed by atoms with Gasteiger partial charge in [-0.1, -0.05) is 12.1 Å². The molecule has 1 N–H and O–H groups in total. The highest BCUT2D eigenvalue weighted by atomic mass is 19.1. The Morgan fingerprint density at radius 3 is 2.69 bits per heavy atom. The first-order chi connectivity index (χ1) is 7.52. The van der Waals surface area contributed by atoms with Crippen LogP contribution in [-0.4, -0.2) is 15.6 Å². The molecule has 16 heavy (non-hydrogen) atoms. The quantitative estimate of drug-likeness (QED) is 0.846. The Morgan fingerprint density at radius 1 is 1.44 bits per heavy atom. The molecule has 0 fully saturated rings. The predicted octanol–water partition coefficient (Wildman–Crippen LogP) is 3.06. The Bertz CT molecular complexity index is 557. The highest BCUT2D eigenvalue weighted by Gasteiger charge is 2.17. The SMILES string of the molecule is CC(C)n1cc(C(=O)O)c2cccc(F)c21. The van der Waals surface area contributed by atoms with Crippen LogP contribution < -0.4 is 0 Å². The summed E-state index contributed by atoms with van der Waals surface area (Å²) in [7, 11) is 0. The lowest BCUT2D eigenvalue weighted by Crippen LogP contribution is -2.00. The van der Waals surface area contributed by atoms with Crippen LogP contribution in [0.1, 0.15) is 30.2 Å². The number of benzene rings is 1. The maximum Gasteiger partial charge on any atom is 0.337 e. The second kappa shape index (κ2) is 3.63. The van der Waals surface area contributed by atoms with E-state index in [1.807, 2.05) is 13.8 Å². The summed E-state index contributed by atoms with van der Waals surface area (Å²) in [6.07, 6.45) is 1.49. The monoisotopic (exact) mass is 221 g/mol. The van der Waals surface area contributed by atoms with Crippen molar-refractivity contribution in [3.63, 3.8) is 0 Å². The minimum atomic E-state index is -1.03. The summed E-state index contributed by atoms with van der Waals surface area (Å²) in [6, 6.07) is 4.51. The van der Waals surface area contributed by atoms with Gasteiger partial charge < -0.3 is 9.67 Å². The molecule has 0 radical (unpaired) electrons. The molecular formula is C12H12FNO2. The zero-order chi connectivity index (χ0) is 11.9. The van der Waals surface area contributed by atoms with Gasteiger partial charge in [0.15, 0.2) is 0 Å². The first kappa shape index (κ1) is 10.7. The molecule has 0 aliphatic carbocycles. The van der Waals surface area contributed by atoms with Gasteiger partial charge >= 0.3 is 5.97 Å². The number of fused-ring (bicyclic) bond motifs is 1. The van der Waals surface area contributed by atoms with Gasteiger partial charge in [-0.3, -0.25) is 0 Å². The van der Waals surface area contributed by atoms with E-state index >= 15 is 0 Å². The van der Waals surface area contributed by atoms with Crippen molar-refractivity contribution in [1.29, 1.82) is 0 Å². The van der Waals surface area contributed by atoms with E-state index in [0.29, 0.717) is 10.9 Å². The van der Waals surface area contributed by atoms with Gasteiger partial charge in [-0.2, -0.15) is 0 Å². The van der Waals surface area contributed by atoms with E-state index < -0.39 is 11.8 Å². The second-order valence-corrected chi connectivity index (χ2v) is 3.98. The van der Waals surface area contributed by atoms with Crippen molar-refractivity contribution in [3.05, 3.63) is 35.8 Å². The van der Waals surface area contributed by atoms with Gasteiger partial charge in [0.2, 0.25) is 0 Å². The topological polar surface area (TPSA) is 42.2 Å². The van der Waals surface area contributed by atoms with Crippen molar-refractivity contribution < 1.29 is 14.3 Å². The normalized spacial score (nSPS) is 11.2. The minimum Gasteiger partial charge on any atom is -0.478 e. The zero-order valence-corrected chi connectivity index (χ0v) is 9.07. The molecule has 2 rings (SSSR count). The van der Waals surface area contributed by atoms with E-state index in [1.165, 1.54) is 18.3 Å². The number of carbonyl (C=O) groups is 1. The number of carboxylic acid groups (broad SMARTS) is 1. The Hall–Kier alpha value is -1.84. The smallest absolute Gasteiger partial charge is 0.337 e. The fourth-order valence-electron chi connectivity index (χ4n) is 1.85. The lowest BCUT2D eigenvalue weighted by atomic mass is 10.2. The fourth-order valence-corrected chi connectivity index (χ4v) is 1.85. The molecule has 3 nitrogen and oxygen atoms in total. The standard InChI is InChI=1S/C12H12FNO2/c1-7(2)14-6-9(12(15)16)8-4-3-5-10(13)11(8)14/h3-7H,1-2H3,(H,15,16). The summed E-state index contributed by atoms with van der Waals surface area (Å²) in [4.78, 5) is 11.0. The van der Waals surface area contributed by atoms with Crippen molar-refractivity contribution in [2.45, 2.75) is 19.9 Å². The van der Waals surface area contributed by atoms with Crippen LogP contribution in [0, 0.1) is 5.82 Å². The lowest BCUT2D eigenvalue weighted by Gasteiger charge is -2.09. The van der Waals surface area contributed by atoms with Crippen LogP contribution in [-0.2, 0) is 0 Å². The van der Waals surface area contributed by atoms with Crippen LogP contribution in [0.4, 0.5) is 4.39 Å². The molecule has 0 aliphatic heterocycles. The number of aromatic carboxylic acids is 1. The molecule has 0 aliphatic rings. The van der Waals surface area contributed by atoms with Gasteiger partial charge in [-0.25, -0.2) is 9.18 Å². The third-order valence-electron chi connectivity index (χ3n) is 2.59. The lowest BCUT2D eigenvalue weighted by molar-refractivity contribution is 0.0699. The van der Waals surface area contributed by atoms with Gasteiger partial charge in [0.05, 0.1) is 11.1 Å². The molecule has 0 bridgehead atoms. The van der Waals surface area contributed by atoms with Crippen LogP contribution >= 0.6 is 0 Å². The molecule has 84 valence electrons. The number of aromatic nitrogens is 1. The van der Waals surface area contributed by atoms with Crippen molar-refractivity contribution in [1.82, 2.24) is 4.57 Å². The minimum absolute atomic E-state index is 0.0208. The third-order valence-corrected chi connectivity index (χ3v) is 2.59. The average molecular weight is 221 g/mol.